The molecule has 0 spiro atoms. The molecule has 0 amide bonds. The van der Waals surface area contributed by atoms with Crippen LogP contribution in [0, 0.1) is 17.6 Å². The largest absolute Gasteiger partial charge is 0.385 e. The zero-order valence-corrected chi connectivity index (χ0v) is 22.6. The second-order valence-electron chi connectivity index (χ2n) is 11.1. The first-order valence-electron chi connectivity index (χ1n) is 13.4. The van der Waals surface area contributed by atoms with Crippen LogP contribution in [-0.2, 0) is 5.60 Å². The maximum Gasteiger partial charge on any atom is 0.229 e. The Kier molecular flexibility index (Phi) is 6.81. The van der Waals surface area contributed by atoms with Gasteiger partial charge in [-0.05, 0) is 79.0 Å². The van der Waals surface area contributed by atoms with Crippen molar-refractivity contribution < 1.29 is 13.9 Å². The second-order valence-corrected chi connectivity index (χ2v) is 11.7. The van der Waals surface area contributed by atoms with Crippen molar-refractivity contribution in [3.05, 3.63) is 71.7 Å². The number of pyridine rings is 1. The van der Waals surface area contributed by atoms with Gasteiger partial charge in [-0.2, -0.15) is 22.2 Å². The molecule has 2 saturated carbocycles. The van der Waals surface area contributed by atoms with Crippen molar-refractivity contribution in [1.82, 2.24) is 19.6 Å². The normalized spacial score (nSPS) is 24.8. The molecule has 0 aliphatic heterocycles. The Bertz CT molecular complexity index is 1490. The predicted molar refractivity (Wildman–Crippen MR) is 150 cm³/mol. The first-order chi connectivity index (χ1) is 18.7. The Balaban J connectivity index is 1.33. The van der Waals surface area contributed by atoms with E-state index in [0.29, 0.717) is 30.2 Å². The molecule has 1 aromatic carbocycles. The van der Waals surface area contributed by atoms with Gasteiger partial charge in [-0.25, -0.2) is 13.8 Å². The van der Waals surface area contributed by atoms with Gasteiger partial charge in [0.25, 0.3) is 0 Å². The standard InChI is InChI=1S/C29H32F2N6OS/c1-16-10-17(11-23(32)27(16)39)20-6-9-33-15-25(20)35-28-34-14-19-4-5-24(36-37(19)28)26-21(30)12-18(13-22(26)31)29(38)7-2-3-8-29/h4-6,9,12-17,23,27,38-39H,2-3,7-8,10-11,32H2,1H3,(H,34,35)/t16-,17+,23+,27+/m0/s1. The highest BCUT2D eigenvalue weighted by Crippen LogP contribution is 2.42. The molecule has 10 heteroatoms. The summed E-state index contributed by atoms with van der Waals surface area (Å²) < 4.78 is 32.1. The van der Waals surface area contributed by atoms with Crippen LogP contribution >= 0.6 is 12.6 Å². The Morgan fingerprint density at radius 1 is 1.10 bits per heavy atom. The van der Waals surface area contributed by atoms with E-state index >= 15 is 8.78 Å². The van der Waals surface area contributed by atoms with E-state index in [2.05, 4.69) is 39.9 Å². The molecule has 4 atom stereocenters. The lowest BCUT2D eigenvalue weighted by Gasteiger charge is -2.37. The Hall–Kier alpha value is -3.08. The van der Waals surface area contributed by atoms with Gasteiger partial charge in [0.05, 0.1) is 40.5 Å². The zero-order chi connectivity index (χ0) is 27.3. The summed E-state index contributed by atoms with van der Waals surface area (Å²) in [7, 11) is 0. The third-order valence-electron chi connectivity index (χ3n) is 8.43. The summed E-state index contributed by atoms with van der Waals surface area (Å²) in [5.74, 6) is -0.516. The molecule has 4 aromatic rings. The molecule has 2 aliphatic rings. The van der Waals surface area contributed by atoms with Gasteiger partial charge in [0.1, 0.15) is 11.6 Å². The van der Waals surface area contributed by atoms with Gasteiger partial charge in [0.15, 0.2) is 0 Å². The van der Waals surface area contributed by atoms with E-state index in [1.165, 1.54) is 16.6 Å². The number of imidazole rings is 1. The van der Waals surface area contributed by atoms with Crippen LogP contribution in [-0.4, -0.2) is 36.0 Å². The number of benzene rings is 1. The van der Waals surface area contributed by atoms with Gasteiger partial charge in [-0.1, -0.05) is 19.8 Å². The summed E-state index contributed by atoms with van der Waals surface area (Å²) in [4.78, 5) is 8.78. The highest BCUT2D eigenvalue weighted by atomic mass is 32.1. The van der Waals surface area contributed by atoms with Gasteiger partial charge >= 0.3 is 0 Å². The molecule has 0 radical (unpaired) electrons. The number of halogens is 2. The first kappa shape index (κ1) is 26.2. The van der Waals surface area contributed by atoms with E-state index in [-0.39, 0.29) is 34.0 Å². The summed E-state index contributed by atoms with van der Waals surface area (Å²) in [6.07, 6.45) is 9.57. The van der Waals surface area contributed by atoms with Crippen molar-refractivity contribution in [3.63, 3.8) is 0 Å². The van der Waals surface area contributed by atoms with Crippen molar-refractivity contribution in [2.75, 3.05) is 5.32 Å². The molecule has 204 valence electrons. The molecule has 2 aliphatic carbocycles. The van der Waals surface area contributed by atoms with Gasteiger partial charge < -0.3 is 16.2 Å². The Labute approximate surface area is 231 Å². The fourth-order valence-electron chi connectivity index (χ4n) is 6.25. The van der Waals surface area contributed by atoms with E-state index in [0.717, 1.165) is 36.9 Å². The van der Waals surface area contributed by atoms with Crippen LogP contribution in [0.15, 0.2) is 48.9 Å². The van der Waals surface area contributed by atoms with Crippen molar-refractivity contribution >= 4 is 29.8 Å². The molecular formula is C29H32F2N6OS. The maximum atomic E-state index is 15.3. The Morgan fingerprint density at radius 2 is 1.85 bits per heavy atom. The lowest BCUT2D eigenvalue weighted by atomic mass is 9.76. The van der Waals surface area contributed by atoms with Crippen LogP contribution in [0.5, 0.6) is 0 Å². The number of anilines is 2. The number of fused-ring (bicyclic) bond motifs is 1. The average molecular weight is 551 g/mol. The number of nitrogens with zero attached hydrogens (tertiary/aromatic N) is 4. The molecule has 3 aromatic heterocycles. The molecular weight excluding hydrogens is 518 g/mol. The van der Waals surface area contributed by atoms with Crippen molar-refractivity contribution in [2.45, 2.75) is 68.3 Å². The van der Waals surface area contributed by atoms with Crippen LogP contribution in [0.2, 0.25) is 0 Å². The molecule has 6 rings (SSSR count). The van der Waals surface area contributed by atoms with Crippen molar-refractivity contribution in [3.8, 4) is 11.3 Å². The van der Waals surface area contributed by atoms with Crippen LogP contribution in [0.3, 0.4) is 0 Å². The summed E-state index contributed by atoms with van der Waals surface area (Å²) in [5.41, 5.74) is 7.89. The first-order valence-corrected chi connectivity index (χ1v) is 14.0. The van der Waals surface area contributed by atoms with E-state index in [1.54, 1.807) is 30.7 Å². The smallest absolute Gasteiger partial charge is 0.229 e. The minimum Gasteiger partial charge on any atom is -0.385 e. The van der Waals surface area contributed by atoms with Crippen LogP contribution < -0.4 is 11.1 Å². The number of hydrogen-bond donors (Lipinski definition) is 4. The number of aliphatic hydroxyl groups is 1. The number of hydrogen-bond acceptors (Lipinski definition) is 7. The van der Waals surface area contributed by atoms with E-state index in [9.17, 15) is 5.11 Å². The van der Waals surface area contributed by atoms with Gasteiger partial charge in [-0.15, -0.1) is 0 Å². The number of nitrogens with two attached hydrogens (primary N) is 1. The highest BCUT2D eigenvalue weighted by molar-refractivity contribution is 7.81. The number of rotatable bonds is 5. The van der Waals surface area contributed by atoms with Gasteiger partial charge in [-0.3, -0.25) is 4.98 Å². The molecule has 7 nitrogen and oxygen atoms in total. The summed E-state index contributed by atoms with van der Waals surface area (Å²) in [6.45, 7) is 2.17. The summed E-state index contributed by atoms with van der Waals surface area (Å²) >= 11 is 4.69. The third kappa shape index (κ3) is 4.79. The Morgan fingerprint density at radius 3 is 2.56 bits per heavy atom. The summed E-state index contributed by atoms with van der Waals surface area (Å²) in [5, 5.41) is 18.9. The minimum absolute atomic E-state index is 0.00913. The highest BCUT2D eigenvalue weighted by Gasteiger charge is 2.35. The fourth-order valence-corrected chi connectivity index (χ4v) is 6.49. The van der Waals surface area contributed by atoms with Crippen LogP contribution in [0.4, 0.5) is 20.4 Å². The molecule has 4 N–H and O–H groups in total. The number of aromatic nitrogens is 4. The van der Waals surface area contributed by atoms with Gasteiger partial charge in [0.2, 0.25) is 5.95 Å². The molecule has 39 heavy (non-hydrogen) atoms. The maximum absolute atomic E-state index is 15.3. The lowest BCUT2D eigenvalue weighted by Crippen LogP contribution is -2.41. The summed E-state index contributed by atoms with van der Waals surface area (Å²) in [6, 6.07) is 7.73. The second kappa shape index (κ2) is 10.1. The van der Waals surface area contributed by atoms with Crippen LogP contribution in [0.1, 0.15) is 62.5 Å². The van der Waals surface area contributed by atoms with E-state index in [4.69, 9.17) is 5.73 Å². The van der Waals surface area contributed by atoms with E-state index < -0.39 is 17.2 Å². The monoisotopic (exact) mass is 550 g/mol. The molecule has 0 saturated heterocycles. The number of thiol groups is 1. The minimum atomic E-state index is -1.19. The van der Waals surface area contributed by atoms with Crippen molar-refractivity contribution in [2.24, 2.45) is 11.7 Å². The topological polar surface area (TPSA) is 101 Å². The SMILES string of the molecule is C[C@H]1C[C@@H](c2ccncc2Nc2ncc3ccc(-c4c(F)cc(C5(O)CCCC5)cc4F)nn23)C[C@@H](N)[C@@H]1S. The molecule has 0 bridgehead atoms. The molecule has 3 heterocycles. The van der Waals surface area contributed by atoms with E-state index in [1.807, 2.05) is 6.07 Å². The quantitative estimate of drug-likeness (QED) is 0.237. The lowest BCUT2D eigenvalue weighted by molar-refractivity contribution is 0.0438. The molecule has 0 unspecified atom stereocenters. The third-order valence-corrected chi connectivity index (χ3v) is 9.32. The number of nitrogens with one attached hydrogen (secondary N) is 1. The predicted octanol–water partition coefficient (Wildman–Crippen LogP) is 5.71. The van der Waals surface area contributed by atoms with Crippen molar-refractivity contribution in [1.29, 1.82) is 0 Å². The fraction of sp³-hybridized carbons (Fsp3) is 0.414. The average Bonchev–Trinajstić information content (AvgIpc) is 3.54. The zero-order valence-electron chi connectivity index (χ0n) is 21.7. The van der Waals surface area contributed by atoms with Gasteiger partial charge in [0, 0.05) is 17.5 Å². The molecule has 2 fully saturated rings. The van der Waals surface area contributed by atoms with Crippen LogP contribution in [0.25, 0.3) is 16.8 Å².